The van der Waals surface area contributed by atoms with Crippen LogP contribution in [0.5, 0.6) is 0 Å². The molecule has 0 saturated heterocycles. The molecule has 0 aliphatic rings. The van der Waals surface area contributed by atoms with Gasteiger partial charge in [-0.25, -0.2) is 0 Å². The van der Waals surface area contributed by atoms with Gasteiger partial charge in [0.05, 0.1) is 6.42 Å². The predicted octanol–water partition coefficient (Wildman–Crippen LogP) is 6.02. The zero-order chi connectivity index (χ0) is 25.4. The van der Waals surface area contributed by atoms with Crippen LogP contribution in [0.1, 0.15) is 41.7 Å². The minimum atomic E-state index is -0.612. The van der Waals surface area contributed by atoms with Gasteiger partial charge in [-0.2, -0.15) is 0 Å². The first kappa shape index (κ1) is 26.7. The Kier molecular flexibility index (Phi) is 9.67. The number of benzene rings is 3. The van der Waals surface area contributed by atoms with Crippen molar-refractivity contribution in [2.24, 2.45) is 5.92 Å². The van der Waals surface area contributed by atoms with Crippen molar-refractivity contribution in [2.75, 3.05) is 6.54 Å². The van der Waals surface area contributed by atoms with Crippen molar-refractivity contribution in [3.63, 3.8) is 0 Å². The standard InChI is InChI=1S/C30H35BrN2O2/c1-21(2)19-32-30(35)28(17-24-8-6-5-7-9-24)33(20-25-12-14-27(31)15-13-25)29(34)18-26-11-10-22(3)23(4)16-26/h5-16,21,28H,17-20H2,1-4H3,(H,32,35)/t28-/m1/s1. The quantitative estimate of drug-likeness (QED) is 0.345. The van der Waals surface area contributed by atoms with Crippen LogP contribution < -0.4 is 5.32 Å². The normalized spacial score (nSPS) is 11.8. The maximum atomic E-state index is 13.8. The zero-order valence-electron chi connectivity index (χ0n) is 21.1. The van der Waals surface area contributed by atoms with Crippen LogP contribution in [0, 0.1) is 19.8 Å². The smallest absolute Gasteiger partial charge is 0.243 e. The highest BCUT2D eigenvalue weighted by Crippen LogP contribution is 2.19. The summed E-state index contributed by atoms with van der Waals surface area (Å²) in [6, 6.07) is 23.3. The molecule has 4 nitrogen and oxygen atoms in total. The number of nitrogens with one attached hydrogen (secondary N) is 1. The molecule has 0 unspecified atom stereocenters. The zero-order valence-corrected chi connectivity index (χ0v) is 22.6. The van der Waals surface area contributed by atoms with E-state index in [1.54, 1.807) is 4.90 Å². The highest BCUT2D eigenvalue weighted by Gasteiger charge is 2.30. The molecule has 35 heavy (non-hydrogen) atoms. The summed E-state index contributed by atoms with van der Waals surface area (Å²) < 4.78 is 0.977. The average molecular weight is 536 g/mol. The number of halogens is 1. The van der Waals surface area contributed by atoms with Gasteiger partial charge in [0.15, 0.2) is 0 Å². The largest absolute Gasteiger partial charge is 0.354 e. The summed E-state index contributed by atoms with van der Waals surface area (Å²) in [6.45, 7) is 9.19. The van der Waals surface area contributed by atoms with Crippen LogP contribution in [0.2, 0.25) is 0 Å². The fourth-order valence-electron chi connectivity index (χ4n) is 3.95. The third-order valence-electron chi connectivity index (χ3n) is 6.15. The fourth-order valence-corrected chi connectivity index (χ4v) is 4.22. The highest BCUT2D eigenvalue weighted by molar-refractivity contribution is 9.10. The molecule has 0 radical (unpaired) electrons. The van der Waals surface area contributed by atoms with Crippen LogP contribution >= 0.6 is 15.9 Å². The average Bonchev–Trinajstić information content (AvgIpc) is 2.84. The maximum Gasteiger partial charge on any atom is 0.243 e. The molecule has 0 bridgehead atoms. The molecule has 3 aromatic carbocycles. The molecule has 0 aromatic heterocycles. The Hall–Kier alpha value is -2.92. The number of carbonyl (C=O) groups excluding carboxylic acids is 2. The third-order valence-corrected chi connectivity index (χ3v) is 6.68. The third kappa shape index (κ3) is 8.07. The van der Waals surface area contributed by atoms with Crippen molar-refractivity contribution in [3.05, 3.63) is 105 Å². The van der Waals surface area contributed by atoms with Crippen molar-refractivity contribution >= 4 is 27.7 Å². The molecule has 0 spiro atoms. The molecule has 3 aromatic rings. The first-order chi connectivity index (χ1) is 16.7. The van der Waals surface area contributed by atoms with Crippen LogP contribution in [-0.4, -0.2) is 29.3 Å². The molecule has 3 rings (SSSR count). The van der Waals surface area contributed by atoms with Gasteiger partial charge in [-0.05, 0) is 59.7 Å². The number of hydrogen-bond acceptors (Lipinski definition) is 2. The van der Waals surface area contributed by atoms with Gasteiger partial charge in [0.1, 0.15) is 6.04 Å². The Bertz CT molecular complexity index is 1130. The topological polar surface area (TPSA) is 49.4 Å². The molecule has 5 heteroatoms. The van der Waals surface area contributed by atoms with Gasteiger partial charge in [-0.3, -0.25) is 9.59 Å². The summed E-state index contributed by atoms with van der Waals surface area (Å²) in [5.74, 6) is 0.146. The SMILES string of the molecule is Cc1ccc(CC(=O)N(Cc2ccc(Br)cc2)[C@H](Cc2ccccc2)C(=O)NCC(C)C)cc1C. The van der Waals surface area contributed by atoms with Gasteiger partial charge >= 0.3 is 0 Å². The number of carbonyl (C=O) groups is 2. The summed E-state index contributed by atoms with van der Waals surface area (Å²) in [5.41, 5.74) is 5.32. The first-order valence-corrected chi connectivity index (χ1v) is 12.9. The lowest BCUT2D eigenvalue weighted by atomic mass is 10.00. The van der Waals surface area contributed by atoms with Crippen LogP contribution in [-0.2, 0) is 29.0 Å². The van der Waals surface area contributed by atoms with E-state index in [0.717, 1.165) is 26.7 Å². The van der Waals surface area contributed by atoms with Gasteiger partial charge in [0.2, 0.25) is 11.8 Å². The monoisotopic (exact) mass is 534 g/mol. The molecule has 0 aliphatic heterocycles. The Balaban J connectivity index is 1.95. The molecule has 1 N–H and O–H groups in total. The Morgan fingerprint density at radius 1 is 0.857 bits per heavy atom. The van der Waals surface area contributed by atoms with Gasteiger partial charge < -0.3 is 10.2 Å². The number of hydrogen-bond donors (Lipinski definition) is 1. The summed E-state index contributed by atoms with van der Waals surface area (Å²) in [5, 5.41) is 3.07. The predicted molar refractivity (Wildman–Crippen MR) is 146 cm³/mol. The summed E-state index contributed by atoms with van der Waals surface area (Å²) in [4.78, 5) is 29.0. The lowest BCUT2D eigenvalue weighted by Crippen LogP contribution is -2.51. The first-order valence-electron chi connectivity index (χ1n) is 12.1. The Labute approximate surface area is 217 Å². The van der Waals surface area contributed by atoms with E-state index in [0.29, 0.717) is 25.4 Å². The second-order valence-corrected chi connectivity index (χ2v) is 10.5. The van der Waals surface area contributed by atoms with Crippen molar-refractivity contribution < 1.29 is 9.59 Å². The van der Waals surface area contributed by atoms with E-state index in [1.165, 1.54) is 5.56 Å². The molecular weight excluding hydrogens is 500 g/mol. The van der Waals surface area contributed by atoms with Crippen LogP contribution in [0.15, 0.2) is 77.3 Å². The van der Waals surface area contributed by atoms with Gasteiger partial charge in [-0.15, -0.1) is 0 Å². The van der Waals surface area contributed by atoms with Crippen LogP contribution in [0.25, 0.3) is 0 Å². The van der Waals surface area contributed by atoms with Crippen molar-refractivity contribution in [2.45, 2.75) is 53.1 Å². The van der Waals surface area contributed by atoms with Crippen LogP contribution in [0.4, 0.5) is 0 Å². The Morgan fingerprint density at radius 3 is 2.14 bits per heavy atom. The second-order valence-electron chi connectivity index (χ2n) is 9.59. The van der Waals surface area contributed by atoms with E-state index >= 15 is 0 Å². The summed E-state index contributed by atoms with van der Waals surface area (Å²) >= 11 is 3.48. The van der Waals surface area contributed by atoms with Crippen molar-refractivity contribution in [1.29, 1.82) is 0 Å². The lowest BCUT2D eigenvalue weighted by Gasteiger charge is -2.32. The summed E-state index contributed by atoms with van der Waals surface area (Å²) in [6.07, 6.45) is 0.709. The molecule has 0 heterocycles. The van der Waals surface area contributed by atoms with E-state index in [-0.39, 0.29) is 18.2 Å². The van der Waals surface area contributed by atoms with Gasteiger partial charge in [0.25, 0.3) is 0 Å². The number of rotatable bonds is 10. The molecule has 184 valence electrons. The molecule has 0 aliphatic carbocycles. The molecular formula is C30H35BrN2O2. The highest BCUT2D eigenvalue weighted by atomic mass is 79.9. The number of amides is 2. The van der Waals surface area contributed by atoms with Gasteiger partial charge in [-0.1, -0.05) is 90.4 Å². The minimum Gasteiger partial charge on any atom is -0.354 e. The van der Waals surface area contributed by atoms with E-state index in [4.69, 9.17) is 0 Å². The second kappa shape index (κ2) is 12.7. The molecule has 0 fully saturated rings. The van der Waals surface area contributed by atoms with Gasteiger partial charge in [0, 0.05) is 24.0 Å². The van der Waals surface area contributed by atoms with Crippen molar-refractivity contribution in [3.8, 4) is 0 Å². The Morgan fingerprint density at radius 2 is 1.51 bits per heavy atom. The number of aryl methyl sites for hydroxylation is 2. The molecule has 0 saturated carbocycles. The van der Waals surface area contributed by atoms with E-state index in [1.807, 2.05) is 66.7 Å². The lowest BCUT2D eigenvalue weighted by molar-refractivity contribution is -0.140. The maximum absolute atomic E-state index is 13.8. The van der Waals surface area contributed by atoms with Crippen molar-refractivity contribution in [1.82, 2.24) is 10.2 Å². The van der Waals surface area contributed by atoms with Crippen LogP contribution in [0.3, 0.4) is 0 Å². The van der Waals surface area contributed by atoms with E-state index in [9.17, 15) is 9.59 Å². The number of nitrogens with zero attached hydrogens (tertiary/aromatic N) is 1. The van der Waals surface area contributed by atoms with E-state index < -0.39 is 6.04 Å². The molecule has 2 amide bonds. The molecule has 1 atom stereocenters. The fraction of sp³-hybridized carbons (Fsp3) is 0.333. The minimum absolute atomic E-state index is 0.0585. The summed E-state index contributed by atoms with van der Waals surface area (Å²) in [7, 11) is 0. The van der Waals surface area contributed by atoms with E-state index in [2.05, 4.69) is 55.0 Å².